The van der Waals surface area contributed by atoms with Crippen LogP contribution in [0.25, 0.3) is 0 Å². The molecule has 3 N–H and O–H groups in total. The van der Waals surface area contributed by atoms with Gasteiger partial charge in [-0.2, -0.15) is 0 Å². The van der Waals surface area contributed by atoms with Crippen molar-refractivity contribution in [2.45, 2.75) is 103 Å². The molecule has 0 aliphatic carbocycles. The molecule has 0 aliphatic heterocycles. The zero-order chi connectivity index (χ0) is 27.5. The van der Waals surface area contributed by atoms with Crippen LogP contribution in [0.2, 0.25) is 5.04 Å². The van der Waals surface area contributed by atoms with Gasteiger partial charge in [0.25, 0.3) is 8.32 Å². The van der Waals surface area contributed by atoms with Crippen LogP contribution in [0.3, 0.4) is 0 Å². The van der Waals surface area contributed by atoms with Crippen LogP contribution >= 0.6 is 0 Å². The molecule has 4 nitrogen and oxygen atoms in total. The van der Waals surface area contributed by atoms with E-state index in [9.17, 15) is 9.59 Å². The van der Waals surface area contributed by atoms with Crippen molar-refractivity contribution in [1.82, 2.24) is 10.6 Å². The minimum Gasteiger partial charge on any atom is -0.424 e. The number of allylic oxidation sites excluding steroid dienone is 2. The van der Waals surface area contributed by atoms with Crippen LogP contribution in [0.4, 0.5) is 4.79 Å². The zero-order valence-electron chi connectivity index (χ0n) is 24.2. The fraction of sp³-hybridized carbons (Fsp3) is 0.545. The van der Waals surface area contributed by atoms with E-state index in [2.05, 4.69) is 67.8 Å². The number of hydrogen-bond donors (Lipinski definition) is 3. The van der Waals surface area contributed by atoms with Gasteiger partial charge in [0.2, 0.25) is 0 Å². The van der Waals surface area contributed by atoms with Crippen molar-refractivity contribution in [2.24, 2.45) is 0 Å². The van der Waals surface area contributed by atoms with E-state index in [-0.39, 0.29) is 11.1 Å². The quantitative estimate of drug-likeness (QED) is 0.102. The average Bonchev–Trinajstić information content (AvgIpc) is 2.94. The van der Waals surface area contributed by atoms with Crippen LogP contribution in [-0.4, -0.2) is 32.2 Å². The Kier molecular flexibility index (Phi) is 15.1. The molecule has 2 rings (SSSR count). The van der Waals surface area contributed by atoms with E-state index in [4.69, 9.17) is 0 Å². The number of nitrogens with one attached hydrogen (secondary N) is 2. The van der Waals surface area contributed by atoms with Gasteiger partial charge in [0, 0.05) is 13.1 Å². The van der Waals surface area contributed by atoms with Crippen molar-refractivity contribution in [1.29, 1.82) is 0 Å². The standard InChI is InChI=1S/C33H52N2O2Si/c1-4-5-21-28-34-32(36)35-29-22-13-11-9-7-6-8-10-12-20-27-33(2,3)38(37,30-23-16-14-17-24-30)31-25-18-15-19-26-31/h7,9,14-19,23-26,37H,4-6,8,10-13,20-22,27-29H2,1-3H3,(H2,34,35,36)/b9-7-. The van der Waals surface area contributed by atoms with E-state index in [0.717, 1.165) is 68.4 Å². The molecule has 0 spiro atoms. The summed E-state index contributed by atoms with van der Waals surface area (Å²) in [7, 11) is -2.88. The Labute approximate surface area is 233 Å². The zero-order valence-corrected chi connectivity index (χ0v) is 25.2. The summed E-state index contributed by atoms with van der Waals surface area (Å²) in [6.45, 7) is 8.20. The lowest BCUT2D eigenvalue weighted by atomic mass is 10.0. The van der Waals surface area contributed by atoms with Gasteiger partial charge in [0.15, 0.2) is 0 Å². The Morgan fingerprint density at radius 3 is 1.74 bits per heavy atom. The van der Waals surface area contributed by atoms with Gasteiger partial charge in [0.05, 0.1) is 0 Å². The van der Waals surface area contributed by atoms with Crippen LogP contribution in [0, 0.1) is 0 Å². The predicted octanol–water partition coefficient (Wildman–Crippen LogP) is 7.08. The molecule has 2 aromatic carbocycles. The Morgan fingerprint density at radius 1 is 0.737 bits per heavy atom. The fourth-order valence-electron chi connectivity index (χ4n) is 5.13. The second-order valence-corrected chi connectivity index (χ2v) is 15.1. The average molecular weight is 537 g/mol. The normalized spacial score (nSPS) is 12.1. The Hall–Kier alpha value is -2.37. The second-order valence-electron chi connectivity index (χ2n) is 11.1. The molecule has 0 radical (unpaired) electrons. The summed E-state index contributed by atoms with van der Waals surface area (Å²) in [6.07, 6.45) is 18.2. The third kappa shape index (κ3) is 10.8. The maximum Gasteiger partial charge on any atom is 0.314 e. The minimum atomic E-state index is -2.88. The van der Waals surface area contributed by atoms with Crippen molar-refractivity contribution in [3.05, 3.63) is 72.8 Å². The third-order valence-corrected chi connectivity index (χ3v) is 12.1. The van der Waals surface area contributed by atoms with Crippen LogP contribution in [-0.2, 0) is 0 Å². The van der Waals surface area contributed by atoms with Crippen LogP contribution < -0.4 is 21.0 Å². The lowest BCUT2D eigenvalue weighted by Gasteiger charge is -2.41. The van der Waals surface area contributed by atoms with Crippen molar-refractivity contribution in [3.8, 4) is 0 Å². The topological polar surface area (TPSA) is 61.4 Å². The van der Waals surface area contributed by atoms with Gasteiger partial charge in [-0.05, 0) is 60.4 Å². The highest BCUT2D eigenvalue weighted by Gasteiger charge is 2.49. The van der Waals surface area contributed by atoms with Crippen molar-refractivity contribution >= 4 is 24.7 Å². The number of unbranched alkanes of at least 4 members (excludes halogenated alkanes) is 8. The molecule has 2 aromatic rings. The Bertz CT molecular complexity index is 876. The van der Waals surface area contributed by atoms with Gasteiger partial charge in [-0.15, -0.1) is 0 Å². The first-order valence-electron chi connectivity index (χ1n) is 14.9. The summed E-state index contributed by atoms with van der Waals surface area (Å²) < 4.78 is 0. The summed E-state index contributed by atoms with van der Waals surface area (Å²) in [4.78, 5) is 23.9. The van der Waals surface area contributed by atoms with Gasteiger partial charge in [-0.1, -0.05) is 126 Å². The van der Waals surface area contributed by atoms with Gasteiger partial charge in [0.1, 0.15) is 0 Å². The highest BCUT2D eigenvalue weighted by atomic mass is 28.4. The number of urea groups is 1. The highest BCUT2D eigenvalue weighted by Crippen LogP contribution is 2.40. The van der Waals surface area contributed by atoms with Crippen LogP contribution in [0.5, 0.6) is 0 Å². The molecule has 0 saturated carbocycles. The summed E-state index contributed by atoms with van der Waals surface area (Å²) >= 11 is 0. The lowest BCUT2D eigenvalue weighted by Crippen LogP contribution is -2.65. The molecular weight excluding hydrogens is 484 g/mol. The monoisotopic (exact) mass is 536 g/mol. The number of hydrogen-bond acceptors (Lipinski definition) is 2. The van der Waals surface area contributed by atoms with E-state index in [1.807, 2.05) is 36.4 Å². The van der Waals surface area contributed by atoms with Crippen LogP contribution in [0.15, 0.2) is 72.8 Å². The Balaban J connectivity index is 1.61. The predicted molar refractivity (Wildman–Crippen MR) is 166 cm³/mol. The molecule has 38 heavy (non-hydrogen) atoms. The number of benzene rings is 2. The van der Waals surface area contributed by atoms with Crippen molar-refractivity contribution in [2.75, 3.05) is 13.1 Å². The highest BCUT2D eigenvalue weighted by molar-refractivity contribution is 6.98. The molecule has 5 heteroatoms. The van der Waals surface area contributed by atoms with E-state index in [1.165, 1.54) is 32.1 Å². The van der Waals surface area contributed by atoms with Gasteiger partial charge < -0.3 is 15.4 Å². The third-order valence-electron chi connectivity index (χ3n) is 7.60. The molecule has 0 bridgehead atoms. The van der Waals surface area contributed by atoms with Gasteiger partial charge in [-0.3, -0.25) is 0 Å². The first-order valence-corrected chi connectivity index (χ1v) is 16.9. The molecule has 2 amide bonds. The minimum absolute atomic E-state index is 0.0350. The van der Waals surface area contributed by atoms with E-state index < -0.39 is 8.32 Å². The van der Waals surface area contributed by atoms with E-state index >= 15 is 0 Å². The van der Waals surface area contributed by atoms with Crippen LogP contribution in [0.1, 0.15) is 97.8 Å². The molecule has 0 atom stereocenters. The molecule has 0 heterocycles. The van der Waals surface area contributed by atoms with Crippen molar-refractivity contribution < 1.29 is 9.59 Å². The van der Waals surface area contributed by atoms with E-state index in [1.54, 1.807) is 0 Å². The smallest absolute Gasteiger partial charge is 0.314 e. The molecule has 210 valence electrons. The molecular formula is C33H52N2O2Si. The fourth-order valence-corrected chi connectivity index (χ4v) is 8.92. The summed E-state index contributed by atoms with van der Waals surface area (Å²) in [5.74, 6) is 0. The largest absolute Gasteiger partial charge is 0.424 e. The first kappa shape index (κ1) is 31.8. The summed E-state index contributed by atoms with van der Waals surface area (Å²) in [6, 6.07) is 20.6. The SMILES string of the molecule is CCCCCNC(=O)NCCCC/C=C\CCCCCCC(C)(C)[Si](O)(c1ccccc1)c1ccccc1. The van der Waals surface area contributed by atoms with E-state index in [0.29, 0.717) is 0 Å². The summed E-state index contributed by atoms with van der Waals surface area (Å²) in [5, 5.41) is 7.90. The number of carbonyl (C=O) groups excluding carboxylic acids is 1. The van der Waals surface area contributed by atoms with Gasteiger partial charge >= 0.3 is 6.03 Å². The Morgan fingerprint density at radius 2 is 1.21 bits per heavy atom. The number of rotatable bonds is 19. The molecule has 0 unspecified atom stereocenters. The molecule has 0 saturated heterocycles. The maximum atomic E-state index is 12.2. The number of amides is 2. The molecule has 0 aliphatic rings. The number of carbonyl (C=O) groups is 1. The molecule has 0 fully saturated rings. The van der Waals surface area contributed by atoms with Crippen molar-refractivity contribution in [3.63, 3.8) is 0 Å². The lowest BCUT2D eigenvalue weighted by molar-refractivity contribution is 0.240. The summed E-state index contributed by atoms with van der Waals surface area (Å²) in [5.41, 5.74) is 0. The maximum absolute atomic E-state index is 12.2. The molecule has 0 aromatic heterocycles. The first-order chi connectivity index (χ1) is 18.4. The van der Waals surface area contributed by atoms with Gasteiger partial charge in [-0.25, -0.2) is 4.79 Å². The second kappa shape index (κ2) is 18.0.